The quantitative estimate of drug-likeness (QED) is 0.595. The summed E-state index contributed by atoms with van der Waals surface area (Å²) in [7, 11) is 0. The number of ether oxygens (including phenoxy) is 1. The number of urea groups is 1. The molecule has 9 nitrogen and oxygen atoms in total. The van der Waals surface area contributed by atoms with Gasteiger partial charge in [0.05, 0.1) is 5.69 Å². The Morgan fingerprint density at radius 1 is 1.09 bits per heavy atom. The van der Waals surface area contributed by atoms with Crippen LogP contribution < -0.4 is 20.7 Å². The number of benzene rings is 1. The summed E-state index contributed by atoms with van der Waals surface area (Å²) < 4.78 is 5.97. The fraction of sp³-hybridized carbons (Fsp3) is 0.333. The van der Waals surface area contributed by atoms with Crippen molar-refractivity contribution in [3.05, 3.63) is 66.1 Å². The van der Waals surface area contributed by atoms with Crippen molar-refractivity contribution in [1.29, 1.82) is 0 Å². The first-order valence-corrected chi connectivity index (χ1v) is 11.1. The molecule has 0 spiro atoms. The average Bonchev–Trinajstić information content (AvgIpc) is 2.83. The van der Waals surface area contributed by atoms with Crippen LogP contribution in [0.2, 0.25) is 0 Å². The number of piperazine rings is 1. The van der Waals surface area contributed by atoms with Crippen molar-refractivity contribution in [2.75, 3.05) is 42.1 Å². The van der Waals surface area contributed by atoms with E-state index in [4.69, 9.17) is 10.5 Å². The average molecular weight is 448 g/mol. The lowest BCUT2D eigenvalue weighted by molar-refractivity contribution is 0.208. The van der Waals surface area contributed by atoms with Crippen molar-refractivity contribution >= 4 is 23.5 Å². The molecular formula is C24H29N7O2. The van der Waals surface area contributed by atoms with E-state index in [0.717, 1.165) is 11.5 Å². The van der Waals surface area contributed by atoms with Crippen molar-refractivity contribution in [3.8, 4) is 5.75 Å². The van der Waals surface area contributed by atoms with Crippen LogP contribution in [0.4, 0.5) is 22.2 Å². The summed E-state index contributed by atoms with van der Waals surface area (Å²) in [6, 6.07) is 13.4. The number of carbonyl (C=O) groups is 1. The number of anilines is 3. The summed E-state index contributed by atoms with van der Waals surface area (Å²) in [5.41, 5.74) is 8.36. The van der Waals surface area contributed by atoms with E-state index >= 15 is 0 Å². The number of nitrogens with two attached hydrogens (primary N) is 1. The maximum Gasteiger partial charge on any atom is 0.321 e. The van der Waals surface area contributed by atoms with Gasteiger partial charge < -0.3 is 25.6 Å². The number of aromatic nitrogens is 3. The van der Waals surface area contributed by atoms with Gasteiger partial charge in [0.25, 0.3) is 0 Å². The Bertz CT molecular complexity index is 1100. The summed E-state index contributed by atoms with van der Waals surface area (Å²) in [6.07, 6.45) is 3.35. The molecule has 3 heterocycles. The second-order valence-corrected chi connectivity index (χ2v) is 8.20. The molecule has 3 aromatic rings. The van der Waals surface area contributed by atoms with Gasteiger partial charge in [0, 0.05) is 44.3 Å². The van der Waals surface area contributed by atoms with Gasteiger partial charge in [-0.25, -0.2) is 19.7 Å². The summed E-state index contributed by atoms with van der Waals surface area (Å²) in [5, 5.41) is 3.02. The Hall–Kier alpha value is -3.88. The smallest absolute Gasteiger partial charge is 0.321 e. The van der Waals surface area contributed by atoms with Crippen molar-refractivity contribution in [1.82, 2.24) is 19.9 Å². The van der Waals surface area contributed by atoms with Crippen molar-refractivity contribution in [3.63, 3.8) is 0 Å². The van der Waals surface area contributed by atoms with Gasteiger partial charge in [-0.05, 0) is 41.8 Å². The standard InChI is InChI=1S/C24H29N7O2/c1-17(2)18-5-3-6-19(15-18)29-24(32)31-13-11-30(12-14-31)22-21(7-4-9-26-22)33-16-20-8-10-27-23(25)28-20/h3-10,15,17H,11-14,16H2,1-2H3,(H,29,32)(H2,25,27,28). The van der Waals surface area contributed by atoms with Crippen LogP contribution in [0.5, 0.6) is 5.75 Å². The summed E-state index contributed by atoms with van der Waals surface area (Å²) in [6.45, 7) is 7.05. The first-order chi connectivity index (χ1) is 16.0. The van der Waals surface area contributed by atoms with E-state index in [9.17, 15) is 4.79 Å². The maximum atomic E-state index is 12.8. The van der Waals surface area contributed by atoms with Gasteiger partial charge >= 0.3 is 6.03 Å². The molecule has 0 unspecified atom stereocenters. The first kappa shape index (κ1) is 22.3. The lowest BCUT2D eigenvalue weighted by Gasteiger charge is -2.35. The molecule has 9 heteroatoms. The van der Waals surface area contributed by atoms with E-state index < -0.39 is 0 Å². The van der Waals surface area contributed by atoms with Crippen LogP contribution in [0.15, 0.2) is 54.9 Å². The largest absolute Gasteiger partial charge is 0.483 e. The molecular weight excluding hydrogens is 418 g/mol. The highest BCUT2D eigenvalue weighted by Crippen LogP contribution is 2.27. The van der Waals surface area contributed by atoms with Gasteiger partial charge in [0.1, 0.15) is 6.61 Å². The van der Waals surface area contributed by atoms with Crippen molar-refractivity contribution in [2.24, 2.45) is 0 Å². The number of hydrogen-bond acceptors (Lipinski definition) is 7. The minimum Gasteiger partial charge on any atom is -0.483 e. The SMILES string of the molecule is CC(C)c1cccc(NC(=O)N2CCN(c3ncccc3OCc3ccnc(N)n3)CC2)c1. The van der Waals surface area contributed by atoms with Gasteiger partial charge in [0.2, 0.25) is 5.95 Å². The topological polar surface area (TPSA) is 110 Å². The van der Waals surface area contributed by atoms with Gasteiger partial charge in [-0.1, -0.05) is 26.0 Å². The van der Waals surface area contributed by atoms with E-state index in [1.165, 1.54) is 5.56 Å². The number of rotatable bonds is 6. The first-order valence-electron chi connectivity index (χ1n) is 11.1. The zero-order valence-corrected chi connectivity index (χ0v) is 18.9. The van der Waals surface area contributed by atoms with Crippen LogP contribution >= 0.6 is 0 Å². The number of carbonyl (C=O) groups excluding carboxylic acids is 1. The fourth-order valence-corrected chi connectivity index (χ4v) is 3.68. The highest BCUT2D eigenvalue weighted by atomic mass is 16.5. The Kier molecular flexibility index (Phi) is 6.87. The minimum absolute atomic E-state index is 0.0885. The van der Waals surface area contributed by atoms with Crippen molar-refractivity contribution < 1.29 is 9.53 Å². The predicted molar refractivity (Wildman–Crippen MR) is 128 cm³/mol. The van der Waals surface area contributed by atoms with E-state index in [0.29, 0.717) is 43.5 Å². The minimum atomic E-state index is -0.0885. The van der Waals surface area contributed by atoms with Gasteiger partial charge in [-0.3, -0.25) is 0 Å². The van der Waals surface area contributed by atoms with E-state index in [-0.39, 0.29) is 18.6 Å². The molecule has 1 fully saturated rings. The zero-order valence-electron chi connectivity index (χ0n) is 18.9. The lowest BCUT2D eigenvalue weighted by Crippen LogP contribution is -2.50. The third-order valence-corrected chi connectivity index (χ3v) is 5.53. The number of nitrogen functional groups attached to an aromatic ring is 1. The Morgan fingerprint density at radius 2 is 1.91 bits per heavy atom. The van der Waals surface area contributed by atoms with E-state index in [1.807, 2.05) is 35.2 Å². The highest BCUT2D eigenvalue weighted by molar-refractivity contribution is 5.89. The van der Waals surface area contributed by atoms with E-state index in [2.05, 4.69) is 45.1 Å². The molecule has 3 N–H and O–H groups in total. The molecule has 4 rings (SSSR count). The van der Waals surface area contributed by atoms with Crippen LogP contribution in [-0.4, -0.2) is 52.1 Å². The number of hydrogen-bond donors (Lipinski definition) is 2. The molecule has 0 bridgehead atoms. The maximum absolute atomic E-state index is 12.8. The summed E-state index contributed by atoms with van der Waals surface area (Å²) in [4.78, 5) is 29.3. The van der Waals surface area contributed by atoms with Crippen LogP contribution in [0.1, 0.15) is 31.0 Å². The number of pyridine rings is 1. The molecule has 0 aliphatic carbocycles. The molecule has 172 valence electrons. The number of nitrogens with one attached hydrogen (secondary N) is 1. The monoisotopic (exact) mass is 447 g/mol. The molecule has 1 aliphatic heterocycles. The lowest BCUT2D eigenvalue weighted by atomic mass is 10.0. The molecule has 0 radical (unpaired) electrons. The molecule has 0 atom stereocenters. The summed E-state index contributed by atoms with van der Waals surface area (Å²) >= 11 is 0. The van der Waals surface area contributed by atoms with E-state index in [1.54, 1.807) is 18.5 Å². The highest BCUT2D eigenvalue weighted by Gasteiger charge is 2.24. The molecule has 33 heavy (non-hydrogen) atoms. The fourth-order valence-electron chi connectivity index (χ4n) is 3.68. The Labute approximate surface area is 193 Å². The van der Waals surface area contributed by atoms with Gasteiger partial charge in [0.15, 0.2) is 11.6 Å². The summed E-state index contributed by atoms with van der Waals surface area (Å²) in [5.74, 6) is 2.04. The Morgan fingerprint density at radius 3 is 2.67 bits per heavy atom. The van der Waals surface area contributed by atoms with Crippen LogP contribution in [-0.2, 0) is 6.61 Å². The molecule has 1 aliphatic rings. The van der Waals surface area contributed by atoms with Crippen molar-refractivity contribution in [2.45, 2.75) is 26.4 Å². The van der Waals surface area contributed by atoms with Crippen LogP contribution in [0.25, 0.3) is 0 Å². The van der Waals surface area contributed by atoms with Gasteiger partial charge in [-0.2, -0.15) is 0 Å². The molecule has 1 aromatic carbocycles. The Balaban J connectivity index is 1.35. The normalized spacial score (nSPS) is 13.8. The predicted octanol–water partition coefficient (Wildman–Crippen LogP) is 3.51. The van der Waals surface area contributed by atoms with Gasteiger partial charge in [-0.15, -0.1) is 0 Å². The third-order valence-electron chi connectivity index (χ3n) is 5.53. The molecule has 2 amide bonds. The van der Waals surface area contributed by atoms with Crippen LogP contribution in [0.3, 0.4) is 0 Å². The van der Waals surface area contributed by atoms with Crippen LogP contribution in [0, 0.1) is 0 Å². The molecule has 2 aromatic heterocycles. The third kappa shape index (κ3) is 5.68. The second-order valence-electron chi connectivity index (χ2n) is 8.20. The zero-order chi connectivity index (χ0) is 23.2. The molecule has 0 saturated carbocycles. The second kappa shape index (κ2) is 10.2. The number of amides is 2. The number of nitrogens with zero attached hydrogens (tertiary/aromatic N) is 5. The molecule has 1 saturated heterocycles.